The van der Waals surface area contributed by atoms with Gasteiger partial charge in [0.1, 0.15) is 8.24 Å². The van der Waals surface area contributed by atoms with Crippen LogP contribution in [0.15, 0.2) is 0 Å². The highest BCUT2D eigenvalue weighted by molar-refractivity contribution is 8.13. The van der Waals surface area contributed by atoms with Crippen LogP contribution in [0, 0.1) is 0 Å². The topological polar surface area (TPSA) is 40.5 Å². The van der Waals surface area contributed by atoms with Gasteiger partial charge in [0.25, 0.3) is 0 Å². The zero-order chi connectivity index (χ0) is 12.3. The van der Waals surface area contributed by atoms with Gasteiger partial charge in [0.15, 0.2) is 0 Å². The molecule has 1 rings (SSSR count). The molecule has 1 N–H and O–H groups in total. The van der Waals surface area contributed by atoms with Gasteiger partial charge >= 0.3 is 5.30 Å². The summed E-state index contributed by atoms with van der Waals surface area (Å²) in [5, 5.41) is 8.38. The molecule has 0 aromatic carbocycles. The molecule has 0 aromatic rings. The molecule has 0 aliphatic heterocycles. The van der Waals surface area contributed by atoms with Crippen LogP contribution in [0.25, 0.3) is 0 Å². The molecule has 1 aliphatic rings. The summed E-state index contributed by atoms with van der Waals surface area (Å²) in [6.45, 7) is 10.4. The highest BCUT2D eigenvalue weighted by atomic mass is 32.2. The maximum Gasteiger partial charge on any atom is 0.365 e. The van der Waals surface area contributed by atoms with Gasteiger partial charge in [0.05, 0.1) is 0 Å². The van der Waals surface area contributed by atoms with Crippen LogP contribution >= 0.6 is 11.8 Å². The van der Waals surface area contributed by atoms with Crippen LogP contribution in [-0.2, 0) is 0 Å². The van der Waals surface area contributed by atoms with E-state index in [1.54, 1.807) is 0 Å². The largest absolute Gasteiger partial charge is 0.473 e. The fraction of sp³-hybridized carbons (Fsp3) is 0.909. The number of thioether (sulfide) groups is 1. The van der Waals surface area contributed by atoms with Crippen molar-refractivity contribution >= 4 is 25.3 Å². The molecule has 0 aromatic heterocycles. The van der Waals surface area contributed by atoms with Crippen LogP contribution < -0.4 is 0 Å². The summed E-state index contributed by atoms with van der Waals surface area (Å²) < 4.78 is 2.63. The van der Waals surface area contributed by atoms with Gasteiger partial charge in [-0.15, -0.1) is 0 Å². The van der Waals surface area contributed by atoms with Crippen LogP contribution in [0.4, 0.5) is 4.79 Å². The Balaban J connectivity index is 2.54. The average Bonchev–Trinajstić information content (AvgIpc) is 2.50. The predicted molar refractivity (Wildman–Crippen MR) is 72.8 cm³/mol. The molecule has 1 aliphatic carbocycles. The third-order valence-corrected chi connectivity index (χ3v) is 6.64. The monoisotopic (exact) mass is 261 g/mol. The molecule has 0 saturated heterocycles. The van der Waals surface area contributed by atoms with Crippen LogP contribution in [-0.4, -0.2) is 41.0 Å². The lowest BCUT2D eigenvalue weighted by atomic mass is 10.2. The van der Waals surface area contributed by atoms with E-state index in [4.69, 9.17) is 5.11 Å². The summed E-state index contributed by atoms with van der Waals surface area (Å²) in [5.41, 5.74) is 0. The van der Waals surface area contributed by atoms with Crippen molar-refractivity contribution in [2.45, 2.75) is 57.1 Å². The molecule has 16 heavy (non-hydrogen) atoms. The van der Waals surface area contributed by atoms with Crippen molar-refractivity contribution in [3.05, 3.63) is 0 Å². The standard InChI is InChI=1S/C11H23NO2SSi/c1-5-12(16(2,3)4)9-6-7-10(8-9)15-11(13)14/h9-10H,5-8H2,1-4H3,(H,13,14). The molecule has 94 valence electrons. The molecule has 0 amide bonds. The second-order valence-electron chi connectivity index (χ2n) is 5.43. The SMILES string of the molecule is CCN(C1CCC(SC(=O)O)C1)[Si](C)(C)C. The van der Waals surface area contributed by atoms with E-state index in [1.807, 2.05) is 0 Å². The quantitative estimate of drug-likeness (QED) is 0.787. The number of rotatable bonds is 4. The van der Waals surface area contributed by atoms with Crippen molar-refractivity contribution in [3.8, 4) is 0 Å². The zero-order valence-corrected chi connectivity index (χ0v) is 12.5. The highest BCUT2D eigenvalue weighted by Crippen LogP contribution is 2.34. The molecule has 0 spiro atoms. The van der Waals surface area contributed by atoms with Gasteiger partial charge in [0, 0.05) is 11.3 Å². The third-order valence-electron chi connectivity index (χ3n) is 3.27. The molecule has 0 heterocycles. The Hall–Kier alpha value is -0.00312. The van der Waals surface area contributed by atoms with Crippen molar-refractivity contribution in [3.63, 3.8) is 0 Å². The molecular weight excluding hydrogens is 238 g/mol. The first-order valence-electron chi connectivity index (χ1n) is 6.01. The van der Waals surface area contributed by atoms with Crippen molar-refractivity contribution in [1.29, 1.82) is 0 Å². The summed E-state index contributed by atoms with van der Waals surface area (Å²) >= 11 is 1.11. The smallest absolute Gasteiger partial charge is 0.365 e. The molecule has 2 atom stereocenters. The fourth-order valence-electron chi connectivity index (χ4n) is 2.73. The van der Waals surface area contributed by atoms with E-state index in [-0.39, 0.29) is 0 Å². The van der Waals surface area contributed by atoms with E-state index < -0.39 is 13.5 Å². The third kappa shape index (κ3) is 3.78. The fourth-order valence-corrected chi connectivity index (χ4v) is 5.87. The summed E-state index contributed by atoms with van der Waals surface area (Å²) in [5.74, 6) is 0. The van der Waals surface area contributed by atoms with Gasteiger partial charge in [-0.1, -0.05) is 26.6 Å². The van der Waals surface area contributed by atoms with Crippen molar-refractivity contribution < 1.29 is 9.90 Å². The molecule has 0 radical (unpaired) electrons. The first-order chi connectivity index (χ1) is 7.34. The summed E-state index contributed by atoms with van der Waals surface area (Å²) in [6, 6.07) is 0.619. The van der Waals surface area contributed by atoms with E-state index in [1.165, 1.54) is 6.42 Å². The van der Waals surface area contributed by atoms with Gasteiger partial charge in [-0.3, -0.25) is 0 Å². The molecular formula is C11H23NO2SSi. The van der Waals surface area contributed by atoms with E-state index >= 15 is 0 Å². The van der Waals surface area contributed by atoms with E-state index in [0.717, 1.165) is 31.1 Å². The normalized spacial score (nSPS) is 26.3. The minimum absolute atomic E-state index is 0.327. The summed E-state index contributed by atoms with van der Waals surface area (Å²) in [6.07, 6.45) is 3.28. The Morgan fingerprint density at radius 2 is 2.06 bits per heavy atom. The van der Waals surface area contributed by atoms with Gasteiger partial charge in [0.2, 0.25) is 0 Å². The second-order valence-corrected chi connectivity index (χ2v) is 11.6. The van der Waals surface area contributed by atoms with Gasteiger partial charge < -0.3 is 9.67 Å². The Morgan fingerprint density at radius 1 is 1.44 bits per heavy atom. The lowest BCUT2D eigenvalue weighted by Gasteiger charge is -2.38. The molecule has 5 heteroatoms. The Kier molecular flexibility index (Phi) is 4.88. The van der Waals surface area contributed by atoms with Crippen LogP contribution in [0.1, 0.15) is 26.2 Å². The predicted octanol–water partition coefficient (Wildman–Crippen LogP) is 3.48. The van der Waals surface area contributed by atoms with Crippen molar-refractivity contribution in [2.75, 3.05) is 6.54 Å². The van der Waals surface area contributed by atoms with Gasteiger partial charge in [-0.25, -0.2) is 4.79 Å². The Labute approximate surface area is 104 Å². The first kappa shape index (κ1) is 14.1. The van der Waals surface area contributed by atoms with Crippen LogP contribution in [0.2, 0.25) is 19.6 Å². The van der Waals surface area contributed by atoms with E-state index in [9.17, 15) is 4.79 Å². The molecule has 3 nitrogen and oxygen atoms in total. The van der Waals surface area contributed by atoms with E-state index in [2.05, 4.69) is 31.1 Å². The first-order valence-corrected chi connectivity index (χ1v) is 10.3. The van der Waals surface area contributed by atoms with Crippen LogP contribution in [0.5, 0.6) is 0 Å². The second kappa shape index (κ2) is 5.56. The minimum atomic E-state index is -1.24. The highest BCUT2D eigenvalue weighted by Gasteiger charge is 2.35. The lowest BCUT2D eigenvalue weighted by Crippen LogP contribution is -2.51. The van der Waals surface area contributed by atoms with Crippen molar-refractivity contribution in [1.82, 2.24) is 4.57 Å². The number of carbonyl (C=O) groups is 1. The lowest BCUT2D eigenvalue weighted by molar-refractivity contribution is 0.222. The van der Waals surface area contributed by atoms with Crippen LogP contribution in [0.3, 0.4) is 0 Å². The van der Waals surface area contributed by atoms with E-state index in [0.29, 0.717) is 11.3 Å². The minimum Gasteiger partial charge on any atom is -0.473 e. The maximum absolute atomic E-state index is 10.7. The number of nitrogens with zero attached hydrogens (tertiary/aromatic N) is 1. The Morgan fingerprint density at radius 3 is 2.50 bits per heavy atom. The number of hydrogen-bond donors (Lipinski definition) is 1. The zero-order valence-electron chi connectivity index (χ0n) is 10.7. The summed E-state index contributed by atoms with van der Waals surface area (Å²) in [4.78, 5) is 10.7. The van der Waals surface area contributed by atoms with Gasteiger partial charge in [-0.2, -0.15) is 0 Å². The number of hydrogen-bond acceptors (Lipinski definition) is 3. The molecule has 1 saturated carbocycles. The average molecular weight is 261 g/mol. The van der Waals surface area contributed by atoms with Gasteiger partial charge in [-0.05, 0) is 37.6 Å². The van der Waals surface area contributed by atoms with Crippen molar-refractivity contribution in [2.24, 2.45) is 0 Å². The maximum atomic E-state index is 10.7. The summed E-state index contributed by atoms with van der Waals surface area (Å²) in [7, 11) is -1.24. The Bertz CT molecular complexity index is 255. The molecule has 1 fully saturated rings. The molecule has 2 unspecified atom stereocenters. The number of carboxylic acid groups (broad SMARTS) is 1. The molecule has 0 bridgehead atoms.